The summed E-state index contributed by atoms with van der Waals surface area (Å²) in [5.74, 6) is 0.213. The van der Waals surface area contributed by atoms with Crippen molar-refractivity contribution in [3.8, 4) is 0 Å². The maximum Gasteiger partial charge on any atom is 0.226 e. The van der Waals surface area contributed by atoms with E-state index < -0.39 is 0 Å². The number of carbonyl (C=O) groups is 2. The molecule has 0 saturated carbocycles. The number of aromatic nitrogens is 2. The van der Waals surface area contributed by atoms with Crippen LogP contribution in [0.3, 0.4) is 0 Å². The van der Waals surface area contributed by atoms with Crippen LogP contribution in [0.25, 0.3) is 0 Å². The van der Waals surface area contributed by atoms with Crippen molar-refractivity contribution in [2.75, 3.05) is 5.32 Å². The lowest BCUT2D eigenvalue weighted by Crippen LogP contribution is -2.24. The van der Waals surface area contributed by atoms with Crippen molar-refractivity contribution in [1.29, 1.82) is 0 Å². The molecule has 2 rings (SSSR count). The van der Waals surface area contributed by atoms with Crippen LogP contribution in [0.15, 0.2) is 22.8 Å². The molecule has 124 valence electrons. The average molecular weight is 336 g/mol. The van der Waals surface area contributed by atoms with Crippen LogP contribution < -0.4 is 10.6 Å². The van der Waals surface area contributed by atoms with Gasteiger partial charge in [-0.1, -0.05) is 32.1 Å². The van der Waals surface area contributed by atoms with Gasteiger partial charge in [-0.3, -0.25) is 9.59 Å². The molecular weight excluding hydrogens is 316 g/mol. The number of hydrogen-bond acceptors (Lipinski definition) is 6. The molecular formula is C15H20N4O3S. The highest BCUT2D eigenvalue weighted by atomic mass is 32.1. The zero-order valence-corrected chi connectivity index (χ0v) is 14.2. The van der Waals surface area contributed by atoms with Crippen molar-refractivity contribution >= 4 is 28.3 Å². The number of anilines is 1. The first-order chi connectivity index (χ1) is 10.8. The summed E-state index contributed by atoms with van der Waals surface area (Å²) in [6, 6.07) is 3.53. The van der Waals surface area contributed by atoms with Gasteiger partial charge in [0.05, 0.1) is 12.8 Å². The highest BCUT2D eigenvalue weighted by Gasteiger charge is 2.20. The molecule has 8 heteroatoms. The van der Waals surface area contributed by atoms with E-state index in [1.54, 1.807) is 18.4 Å². The van der Waals surface area contributed by atoms with Crippen LogP contribution >= 0.6 is 11.3 Å². The molecule has 2 N–H and O–H groups in total. The molecule has 0 aliphatic carbocycles. The van der Waals surface area contributed by atoms with Gasteiger partial charge in [-0.25, -0.2) is 0 Å². The first-order valence-electron chi connectivity index (χ1n) is 7.27. The van der Waals surface area contributed by atoms with E-state index in [-0.39, 0.29) is 30.1 Å². The van der Waals surface area contributed by atoms with Crippen molar-refractivity contribution in [3.63, 3.8) is 0 Å². The minimum absolute atomic E-state index is 0.0917. The van der Waals surface area contributed by atoms with Crippen molar-refractivity contribution in [2.45, 2.75) is 45.6 Å². The maximum atomic E-state index is 11.8. The van der Waals surface area contributed by atoms with Gasteiger partial charge in [-0.2, -0.15) is 0 Å². The Bertz CT molecular complexity index is 659. The fraction of sp³-hybridized carbons (Fsp3) is 0.467. The van der Waals surface area contributed by atoms with Crippen LogP contribution in [0.2, 0.25) is 0 Å². The predicted molar refractivity (Wildman–Crippen MR) is 87.0 cm³/mol. The van der Waals surface area contributed by atoms with Crippen LogP contribution in [-0.2, 0) is 21.5 Å². The van der Waals surface area contributed by atoms with Crippen LogP contribution in [0.5, 0.6) is 0 Å². The molecule has 23 heavy (non-hydrogen) atoms. The molecule has 0 aromatic carbocycles. The molecule has 0 saturated heterocycles. The summed E-state index contributed by atoms with van der Waals surface area (Å²) in [6.45, 7) is 6.41. The maximum absolute atomic E-state index is 11.8. The lowest BCUT2D eigenvalue weighted by molar-refractivity contribution is -0.124. The number of furan rings is 1. The fourth-order valence-electron chi connectivity index (χ4n) is 1.67. The minimum Gasteiger partial charge on any atom is -0.467 e. The second-order valence-corrected chi connectivity index (χ2v) is 7.04. The number of rotatable bonds is 6. The van der Waals surface area contributed by atoms with E-state index in [4.69, 9.17) is 4.42 Å². The lowest BCUT2D eigenvalue weighted by Gasteiger charge is -2.12. The third-order valence-electron chi connectivity index (χ3n) is 2.93. The molecule has 0 atom stereocenters. The quantitative estimate of drug-likeness (QED) is 0.844. The molecule has 0 aliphatic heterocycles. The van der Waals surface area contributed by atoms with Gasteiger partial charge in [0.25, 0.3) is 0 Å². The topological polar surface area (TPSA) is 97.1 Å². The Labute approximate surface area is 138 Å². The molecule has 2 aromatic rings. The highest BCUT2D eigenvalue weighted by molar-refractivity contribution is 7.15. The molecule has 0 spiro atoms. The number of hydrogen-bond donors (Lipinski definition) is 2. The van der Waals surface area contributed by atoms with E-state index >= 15 is 0 Å². The first kappa shape index (κ1) is 17.1. The highest BCUT2D eigenvalue weighted by Crippen LogP contribution is 2.27. The van der Waals surface area contributed by atoms with Gasteiger partial charge in [0.15, 0.2) is 0 Å². The average Bonchev–Trinajstić information content (AvgIpc) is 3.13. The number of amides is 2. The normalized spacial score (nSPS) is 11.3. The third-order valence-corrected chi connectivity index (χ3v) is 4.20. The Kier molecular flexibility index (Phi) is 5.49. The fourth-order valence-corrected chi connectivity index (χ4v) is 2.49. The SMILES string of the molecule is CC(C)(C)c1nnc(NC(=O)CCC(=O)NCc2ccco2)s1. The van der Waals surface area contributed by atoms with E-state index in [9.17, 15) is 9.59 Å². The van der Waals surface area contributed by atoms with Crippen LogP contribution in [0, 0.1) is 0 Å². The van der Waals surface area contributed by atoms with E-state index in [1.165, 1.54) is 11.3 Å². The molecule has 0 radical (unpaired) electrons. The lowest BCUT2D eigenvalue weighted by atomic mass is 9.98. The monoisotopic (exact) mass is 336 g/mol. The molecule has 0 bridgehead atoms. The largest absolute Gasteiger partial charge is 0.467 e. The molecule has 2 amide bonds. The smallest absolute Gasteiger partial charge is 0.226 e. The molecule has 0 aliphatic rings. The summed E-state index contributed by atoms with van der Waals surface area (Å²) in [5.41, 5.74) is -0.105. The molecule has 0 unspecified atom stereocenters. The summed E-state index contributed by atoms with van der Waals surface area (Å²) in [5, 5.41) is 14.7. The first-order valence-corrected chi connectivity index (χ1v) is 8.09. The molecule has 0 fully saturated rings. The van der Waals surface area contributed by atoms with Crippen LogP contribution in [-0.4, -0.2) is 22.0 Å². The summed E-state index contributed by atoms with van der Waals surface area (Å²) in [4.78, 5) is 23.5. The summed E-state index contributed by atoms with van der Waals surface area (Å²) >= 11 is 1.34. The van der Waals surface area contributed by atoms with Gasteiger partial charge in [-0.15, -0.1) is 10.2 Å². The van der Waals surface area contributed by atoms with Crippen molar-refractivity contribution < 1.29 is 14.0 Å². The minimum atomic E-state index is -0.255. The van der Waals surface area contributed by atoms with Gasteiger partial charge >= 0.3 is 0 Å². The van der Waals surface area contributed by atoms with Crippen molar-refractivity contribution in [3.05, 3.63) is 29.2 Å². The second kappa shape index (κ2) is 7.36. The Morgan fingerprint density at radius 1 is 1.22 bits per heavy atom. The van der Waals surface area contributed by atoms with Gasteiger partial charge in [-0.05, 0) is 12.1 Å². The van der Waals surface area contributed by atoms with E-state index in [0.29, 0.717) is 17.4 Å². The van der Waals surface area contributed by atoms with Crippen LogP contribution in [0.1, 0.15) is 44.4 Å². The van der Waals surface area contributed by atoms with Crippen molar-refractivity contribution in [1.82, 2.24) is 15.5 Å². The van der Waals surface area contributed by atoms with E-state index in [0.717, 1.165) is 5.01 Å². The van der Waals surface area contributed by atoms with Crippen LogP contribution in [0.4, 0.5) is 5.13 Å². The Morgan fingerprint density at radius 2 is 1.96 bits per heavy atom. The number of carbonyl (C=O) groups excluding carboxylic acids is 2. The third kappa shape index (κ3) is 5.48. The summed E-state index contributed by atoms with van der Waals surface area (Å²) in [7, 11) is 0. The number of nitrogens with one attached hydrogen (secondary N) is 2. The summed E-state index contributed by atoms with van der Waals surface area (Å²) < 4.78 is 5.11. The molecule has 2 heterocycles. The van der Waals surface area contributed by atoms with Crippen molar-refractivity contribution in [2.24, 2.45) is 0 Å². The standard InChI is InChI=1S/C15H20N4O3S/c1-15(2,3)13-18-19-14(23-13)17-12(21)7-6-11(20)16-9-10-5-4-8-22-10/h4-5,8H,6-7,9H2,1-3H3,(H,16,20)(H,17,19,21). The van der Waals surface area contributed by atoms with Gasteiger partial charge in [0.1, 0.15) is 10.8 Å². The van der Waals surface area contributed by atoms with E-state index in [1.807, 2.05) is 20.8 Å². The van der Waals surface area contributed by atoms with E-state index in [2.05, 4.69) is 20.8 Å². The molecule has 7 nitrogen and oxygen atoms in total. The van der Waals surface area contributed by atoms with Gasteiger partial charge in [0, 0.05) is 18.3 Å². The van der Waals surface area contributed by atoms with Gasteiger partial charge in [0.2, 0.25) is 16.9 Å². The molecule has 2 aromatic heterocycles. The zero-order valence-electron chi connectivity index (χ0n) is 13.4. The Balaban J connectivity index is 1.72. The second-order valence-electron chi connectivity index (χ2n) is 6.07. The zero-order chi connectivity index (χ0) is 16.9. The Morgan fingerprint density at radius 3 is 2.57 bits per heavy atom. The van der Waals surface area contributed by atoms with Gasteiger partial charge < -0.3 is 15.1 Å². The number of nitrogens with zero attached hydrogens (tertiary/aromatic N) is 2. The summed E-state index contributed by atoms with van der Waals surface area (Å²) in [6.07, 6.45) is 1.74. The Hall–Kier alpha value is -2.22. The predicted octanol–water partition coefficient (Wildman–Crippen LogP) is 2.46.